The monoisotopic (exact) mass is 229 g/mol. The van der Waals surface area contributed by atoms with Gasteiger partial charge in [0.25, 0.3) is 0 Å². The molecule has 0 radical (unpaired) electrons. The summed E-state index contributed by atoms with van der Waals surface area (Å²) < 4.78 is 14.6. The van der Waals surface area contributed by atoms with Crippen LogP contribution in [0.5, 0.6) is 0 Å². The van der Waals surface area contributed by atoms with E-state index < -0.39 is 18.1 Å². The minimum Gasteiger partial charge on any atom is -0.467 e. The molecule has 0 spiro atoms. The minimum absolute atomic E-state index is 0.115. The van der Waals surface area contributed by atoms with Gasteiger partial charge in [0.15, 0.2) is 6.04 Å². The van der Waals surface area contributed by atoms with Gasteiger partial charge in [0.2, 0.25) is 0 Å². The first-order valence-electron chi connectivity index (χ1n) is 4.90. The van der Waals surface area contributed by atoms with E-state index in [0.29, 0.717) is 13.2 Å². The Morgan fingerprint density at radius 1 is 1.62 bits per heavy atom. The van der Waals surface area contributed by atoms with Gasteiger partial charge in [-0.15, -0.1) is 0 Å². The molecule has 1 unspecified atom stereocenters. The number of carbonyl (C=O) groups is 2. The Kier molecular flexibility index (Phi) is 4.78. The summed E-state index contributed by atoms with van der Waals surface area (Å²) in [4.78, 5) is 24.3. The Bertz CT molecular complexity index is 278. The quantitative estimate of drug-likeness (QED) is 0.510. The van der Waals surface area contributed by atoms with Gasteiger partial charge in [-0.2, -0.15) is 0 Å². The van der Waals surface area contributed by atoms with Crippen LogP contribution in [-0.2, 0) is 19.0 Å². The number of methoxy groups -OCH3 is 1. The molecule has 0 aromatic heterocycles. The topological polar surface area (TPSA) is 65.1 Å². The second-order valence-electron chi connectivity index (χ2n) is 3.17. The average molecular weight is 229 g/mol. The van der Waals surface area contributed by atoms with Crippen molar-refractivity contribution in [3.8, 4) is 0 Å². The summed E-state index contributed by atoms with van der Waals surface area (Å²) in [7, 11) is 1.27. The van der Waals surface area contributed by atoms with Crippen LogP contribution in [0.15, 0.2) is 12.7 Å². The molecule has 1 aliphatic heterocycles. The van der Waals surface area contributed by atoms with E-state index in [1.165, 1.54) is 18.1 Å². The minimum atomic E-state index is -0.726. The lowest BCUT2D eigenvalue weighted by Crippen LogP contribution is -2.53. The zero-order valence-electron chi connectivity index (χ0n) is 9.18. The van der Waals surface area contributed by atoms with Crippen molar-refractivity contribution in [1.82, 2.24) is 4.90 Å². The molecule has 1 saturated heterocycles. The highest BCUT2D eigenvalue weighted by Gasteiger charge is 2.34. The number of morpholine rings is 1. The zero-order valence-corrected chi connectivity index (χ0v) is 9.18. The van der Waals surface area contributed by atoms with Crippen LogP contribution in [0.2, 0.25) is 0 Å². The SMILES string of the molecule is C=CCOC(=O)N1CCOCC1C(=O)OC. The molecular weight excluding hydrogens is 214 g/mol. The van der Waals surface area contributed by atoms with Crippen LogP contribution in [0.25, 0.3) is 0 Å². The zero-order chi connectivity index (χ0) is 12.0. The first-order chi connectivity index (χ1) is 7.70. The molecule has 1 rings (SSSR count). The highest BCUT2D eigenvalue weighted by molar-refractivity contribution is 5.81. The Labute approximate surface area is 93.8 Å². The Hall–Kier alpha value is -1.56. The fourth-order valence-corrected chi connectivity index (χ4v) is 1.37. The molecule has 0 aliphatic carbocycles. The highest BCUT2D eigenvalue weighted by atomic mass is 16.6. The van der Waals surface area contributed by atoms with Gasteiger partial charge < -0.3 is 14.2 Å². The van der Waals surface area contributed by atoms with Crippen LogP contribution in [0.1, 0.15) is 0 Å². The number of ether oxygens (including phenoxy) is 3. The van der Waals surface area contributed by atoms with Gasteiger partial charge in [0.1, 0.15) is 6.61 Å². The summed E-state index contributed by atoms with van der Waals surface area (Å²) in [6.45, 7) is 4.39. The predicted molar refractivity (Wildman–Crippen MR) is 54.9 cm³/mol. The first-order valence-corrected chi connectivity index (χ1v) is 4.90. The molecule has 0 N–H and O–H groups in total. The third-order valence-electron chi connectivity index (χ3n) is 2.16. The normalized spacial score (nSPS) is 20.1. The standard InChI is InChI=1S/C10H15NO5/c1-3-5-16-10(13)11-4-6-15-7-8(11)9(12)14-2/h3,8H,1,4-7H2,2H3. The number of nitrogens with zero attached hydrogens (tertiary/aromatic N) is 1. The van der Waals surface area contributed by atoms with Gasteiger partial charge in [-0.3, -0.25) is 4.90 Å². The van der Waals surface area contributed by atoms with Gasteiger partial charge in [0, 0.05) is 6.54 Å². The lowest BCUT2D eigenvalue weighted by Gasteiger charge is -2.32. The summed E-state index contributed by atoms with van der Waals surface area (Å²) in [6, 6.07) is -0.726. The maximum atomic E-state index is 11.6. The van der Waals surface area contributed by atoms with E-state index in [4.69, 9.17) is 9.47 Å². The molecule has 6 heteroatoms. The fraction of sp³-hybridized carbons (Fsp3) is 0.600. The van der Waals surface area contributed by atoms with Gasteiger partial charge >= 0.3 is 12.1 Å². The number of amides is 1. The molecule has 0 bridgehead atoms. The fourth-order valence-electron chi connectivity index (χ4n) is 1.37. The summed E-state index contributed by atoms with van der Waals surface area (Å²) >= 11 is 0. The molecule has 6 nitrogen and oxygen atoms in total. The van der Waals surface area contributed by atoms with Crippen LogP contribution < -0.4 is 0 Å². The molecule has 0 aromatic carbocycles. The Morgan fingerprint density at radius 3 is 3.00 bits per heavy atom. The summed E-state index contributed by atoms with van der Waals surface area (Å²) in [6.07, 6.45) is 0.907. The Morgan fingerprint density at radius 2 is 2.38 bits per heavy atom. The number of carbonyl (C=O) groups excluding carboxylic acids is 2. The van der Waals surface area contributed by atoms with Crippen molar-refractivity contribution in [3.05, 3.63) is 12.7 Å². The third kappa shape index (κ3) is 2.96. The number of hydrogen-bond donors (Lipinski definition) is 0. The van der Waals surface area contributed by atoms with E-state index in [9.17, 15) is 9.59 Å². The smallest absolute Gasteiger partial charge is 0.410 e. The molecule has 90 valence electrons. The lowest BCUT2D eigenvalue weighted by molar-refractivity contribution is -0.151. The Balaban J connectivity index is 2.62. The van der Waals surface area contributed by atoms with Crippen LogP contribution in [-0.4, -0.2) is 56.5 Å². The molecule has 1 aliphatic rings. The maximum absolute atomic E-state index is 11.6. The van der Waals surface area contributed by atoms with Crippen LogP contribution in [0.3, 0.4) is 0 Å². The summed E-state index contributed by atoms with van der Waals surface area (Å²) in [5.74, 6) is -0.504. The average Bonchev–Trinajstić information content (AvgIpc) is 2.35. The van der Waals surface area contributed by atoms with Gasteiger partial charge in [0.05, 0.1) is 20.3 Å². The van der Waals surface area contributed by atoms with Crippen molar-refractivity contribution < 1.29 is 23.8 Å². The molecule has 16 heavy (non-hydrogen) atoms. The predicted octanol–water partition coefficient (Wildman–Crippen LogP) is 0.183. The van der Waals surface area contributed by atoms with E-state index >= 15 is 0 Å². The number of hydrogen-bond acceptors (Lipinski definition) is 5. The van der Waals surface area contributed by atoms with Gasteiger partial charge in [-0.1, -0.05) is 12.7 Å². The van der Waals surface area contributed by atoms with Crippen molar-refractivity contribution in [2.75, 3.05) is 33.5 Å². The van der Waals surface area contributed by atoms with Crippen LogP contribution >= 0.6 is 0 Å². The van der Waals surface area contributed by atoms with E-state index in [2.05, 4.69) is 11.3 Å². The first kappa shape index (κ1) is 12.5. The summed E-state index contributed by atoms with van der Waals surface area (Å²) in [5.41, 5.74) is 0. The van der Waals surface area contributed by atoms with Crippen molar-refractivity contribution in [1.29, 1.82) is 0 Å². The second-order valence-corrected chi connectivity index (χ2v) is 3.17. The van der Waals surface area contributed by atoms with E-state index in [0.717, 1.165) is 0 Å². The number of esters is 1. The number of rotatable bonds is 3. The van der Waals surface area contributed by atoms with E-state index in [1.54, 1.807) is 0 Å². The summed E-state index contributed by atoms with van der Waals surface area (Å²) in [5, 5.41) is 0. The molecule has 1 amide bonds. The second kappa shape index (κ2) is 6.12. The van der Waals surface area contributed by atoms with Gasteiger partial charge in [-0.25, -0.2) is 9.59 Å². The molecule has 0 aromatic rings. The molecular formula is C10H15NO5. The molecule has 1 fully saturated rings. The van der Waals surface area contributed by atoms with Crippen LogP contribution in [0.4, 0.5) is 4.79 Å². The molecule has 1 heterocycles. The lowest BCUT2D eigenvalue weighted by atomic mass is 10.2. The third-order valence-corrected chi connectivity index (χ3v) is 2.16. The van der Waals surface area contributed by atoms with E-state index in [1.807, 2.05) is 0 Å². The largest absolute Gasteiger partial charge is 0.467 e. The van der Waals surface area contributed by atoms with Crippen LogP contribution in [0, 0.1) is 0 Å². The van der Waals surface area contributed by atoms with Gasteiger partial charge in [-0.05, 0) is 0 Å². The van der Waals surface area contributed by atoms with E-state index in [-0.39, 0.29) is 13.2 Å². The van der Waals surface area contributed by atoms with Crippen molar-refractivity contribution in [2.24, 2.45) is 0 Å². The van der Waals surface area contributed by atoms with Crippen molar-refractivity contribution >= 4 is 12.1 Å². The van der Waals surface area contributed by atoms with Crippen molar-refractivity contribution in [2.45, 2.75) is 6.04 Å². The molecule has 1 atom stereocenters. The maximum Gasteiger partial charge on any atom is 0.410 e. The molecule has 0 saturated carbocycles. The van der Waals surface area contributed by atoms with Crippen molar-refractivity contribution in [3.63, 3.8) is 0 Å². The highest BCUT2D eigenvalue weighted by Crippen LogP contribution is 2.10.